The molecule has 2 atom stereocenters. The number of halogens is 18. The van der Waals surface area contributed by atoms with Crippen LogP contribution < -0.4 is 0 Å². The molecular weight excluding hydrogens is 646 g/mol. The first-order valence-electron chi connectivity index (χ1n) is 10.9. The van der Waals surface area contributed by atoms with E-state index < -0.39 is 114 Å². The van der Waals surface area contributed by atoms with Crippen molar-refractivity contribution in [3.05, 3.63) is 0 Å². The molecule has 0 amide bonds. The number of rotatable bonds is 15. The molecule has 0 aromatic heterocycles. The topological polar surface area (TPSA) is 40.5 Å². The van der Waals surface area contributed by atoms with Crippen molar-refractivity contribution in [2.45, 2.75) is 111 Å². The third-order valence-electron chi connectivity index (χ3n) is 5.95. The number of hydrogen-bond donors (Lipinski definition) is 2. The SMILES string of the molecule is C[Si](O)(CCC(F)(F)F)CCC(F)(F)C(F)(F)C(F)(F)C(F)(F)C(F)(F)C(F)(F)CC[Si](C)(O)CCC(F)(F)F. The highest BCUT2D eigenvalue weighted by Crippen LogP contribution is 2.61. The van der Waals surface area contributed by atoms with E-state index in [1.807, 2.05) is 0 Å². The van der Waals surface area contributed by atoms with Crippen LogP contribution in [0.1, 0.15) is 25.7 Å². The summed E-state index contributed by atoms with van der Waals surface area (Å²) in [7, 11) is -9.09. The molecule has 0 rings (SSSR count). The van der Waals surface area contributed by atoms with Gasteiger partial charge in [0.1, 0.15) is 0 Å². The van der Waals surface area contributed by atoms with Gasteiger partial charge in [-0.25, -0.2) is 0 Å². The van der Waals surface area contributed by atoms with Crippen molar-refractivity contribution in [1.82, 2.24) is 0 Å². The van der Waals surface area contributed by atoms with Gasteiger partial charge in [-0.2, -0.15) is 79.0 Å². The highest BCUT2D eigenvalue weighted by atomic mass is 28.4. The molecule has 40 heavy (non-hydrogen) atoms. The Balaban J connectivity index is 5.98. The van der Waals surface area contributed by atoms with Crippen molar-refractivity contribution in [2.24, 2.45) is 0 Å². The van der Waals surface area contributed by atoms with E-state index in [-0.39, 0.29) is 0 Å². The summed E-state index contributed by atoms with van der Waals surface area (Å²) in [6, 6.07) is -6.16. The van der Waals surface area contributed by atoms with Crippen molar-refractivity contribution in [3.63, 3.8) is 0 Å². The van der Waals surface area contributed by atoms with E-state index in [0.29, 0.717) is 13.1 Å². The van der Waals surface area contributed by atoms with Crippen LogP contribution in [0.4, 0.5) is 79.0 Å². The monoisotopic (exact) mass is 670 g/mol. The quantitative estimate of drug-likeness (QED) is 0.135. The molecule has 0 aromatic rings. The first-order chi connectivity index (χ1) is 17.1. The largest absolute Gasteiger partial charge is 0.432 e. The zero-order valence-electron chi connectivity index (χ0n) is 20.4. The van der Waals surface area contributed by atoms with Gasteiger partial charge in [0.05, 0.1) is 0 Å². The first kappa shape index (κ1) is 39.1. The molecule has 0 aliphatic carbocycles. The molecule has 0 bridgehead atoms. The molecule has 0 aliphatic rings. The van der Waals surface area contributed by atoms with Crippen molar-refractivity contribution in [1.29, 1.82) is 0 Å². The molecule has 0 heterocycles. The molecule has 0 aliphatic heterocycles. The smallest absolute Gasteiger partial charge is 0.388 e. The molecular formula is C18H24F18O2Si2. The average Bonchev–Trinajstić information content (AvgIpc) is 2.72. The summed E-state index contributed by atoms with van der Waals surface area (Å²) < 4.78 is 241. The van der Waals surface area contributed by atoms with Gasteiger partial charge in [-0.1, -0.05) is 0 Å². The van der Waals surface area contributed by atoms with Crippen molar-refractivity contribution in [2.75, 3.05) is 0 Å². The zero-order chi connectivity index (χ0) is 32.7. The van der Waals surface area contributed by atoms with Crippen LogP contribution in [0.2, 0.25) is 37.3 Å². The summed E-state index contributed by atoms with van der Waals surface area (Å²) in [6.07, 6.45) is -19.1. The third kappa shape index (κ3) is 9.30. The van der Waals surface area contributed by atoms with Gasteiger partial charge in [-0.3, -0.25) is 0 Å². The van der Waals surface area contributed by atoms with Gasteiger partial charge in [0, 0.05) is 25.7 Å². The predicted molar refractivity (Wildman–Crippen MR) is 107 cm³/mol. The van der Waals surface area contributed by atoms with Crippen LogP contribution in [-0.4, -0.2) is 74.1 Å². The Kier molecular flexibility index (Phi) is 11.4. The van der Waals surface area contributed by atoms with Gasteiger partial charge in [0.25, 0.3) is 0 Å². The van der Waals surface area contributed by atoms with E-state index in [1.54, 1.807) is 0 Å². The molecule has 0 saturated heterocycles. The standard InChI is InChI=1S/C18H24F18O2Si2/c1-39(37,9-5-13(23,24)25)7-3-11(19,20)15(29,30)17(33,34)18(35,36)16(31,32)12(21,22)4-8-40(2,38)10-6-14(26,27)28/h37-38H,3-10H2,1-2H3. The highest BCUT2D eigenvalue weighted by Gasteiger charge is 2.89. The van der Waals surface area contributed by atoms with Gasteiger partial charge < -0.3 is 9.59 Å². The Morgan fingerprint density at radius 2 is 0.575 bits per heavy atom. The van der Waals surface area contributed by atoms with E-state index in [0.717, 1.165) is 0 Å². The summed E-state index contributed by atoms with van der Waals surface area (Å²) in [5.74, 6) is -43.9. The van der Waals surface area contributed by atoms with Crippen LogP contribution in [0.5, 0.6) is 0 Å². The lowest BCUT2D eigenvalue weighted by Gasteiger charge is -2.42. The lowest BCUT2D eigenvalue weighted by molar-refractivity contribution is -0.425. The summed E-state index contributed by atoms with van der Waals surface area (Å²) in [6.45, 7) is 0.975. The average molecular weight is 671 g/mol. The maximum Gasteiger partial charge on any atom is 0.388 e. The number of alkyl halides is 18. The Morgan fingerprint density at radius 3 is 0.775 bits per heavy atom. The molecule has 0 saturated carbocycles. The zero-order valence-corrected chi connectivity index (χ0v) is 22.4. The third-order valence-corrected chi connectivity index (χ3v) is 11.3. The maximum atomic E-state index is 14.0. The van der Waals surface area contributed by atoms with Crippen molar-refractivity contribution >= 4 is 16.6 Å². The normalized spacial score (nSPS) is 18.4. The van der Waals surface area contributed by atoms with Crippen LogP contribution in [0.25, 0.3) is 0 Å². The molecule has 22 heteroatoms. The lowest BCUT2D eigenvalue weighted by Crippen LogP contribution is -2.70. The Bertz CT molecular complexity index is 768. The fraction of sp³-hybridized carbons (Fsp3) is 1.00. The maximum absolute atomic E-state index is 14.0. The molecule has 0 fully saturated rings. The van der Waals surface area contributed by atoms with Gasteiger partial charge in [-0.05, 0) is 37.3 Å². The summed E-state index contributed by atoms with van der Waals surface area (Å²) in [5.41, 5.74) is 0. The highest BCUT2D eigenvalue weighted by molar-refractivity contribution is 6.71. The van der Waals surface area contributed by atoms with Gasteiger partial charge in [0.15, 0.2) is 16.6 Å². The van der Waals surface area contributed by atoms with E-state index in [2.05, 4.69) is 0 Å². The van der Waals surface area contributed by atoms with E-state index in [9.17, 15) is 88.6 Å². The van der Waals surface area contributed by atoms with Crippen molar-refractivity contribution in [3.8, 4) is 0 Å². The number of hydrogen-bond acceptors (Lipinski definition) is 2. The van der Waals surface area contributed by atoms with E-state index in [4.69, 9.17) is 0 Å². The summed E-state index contributed by atoms with van der Waals surface area (Å²) in [4.78, 5) is 19.5. The molecule has 0 aromatic carbocycles. The minimum absolute atomic E-state index is 0.487. The van der Waals surface area contributed by atoms with Gasteiger partial charge >= 0.3 is 47.9 Å². The van der Waals surface area contributed by atoms with Gasteiger partial charge in [-0.15, -0.1) is 0 Å². The Hall–Kier alpha value is -0.906. The van der Waals surface area contributed by atoms with Crippen LogP contribution in [0, 0.1) is 0 Å². The van der Waals surface area contributed by atoms with E-state index >= 15 is 0 Å². The summed E-state index contributed by atoms with van der Waals surface area (Å²) in [5, 5.41) is 0. The van der Waals surface area contributed by atoms with Crippen molar-refractivity contribution < 1.29 is 88.6 Å². The fourth-order valence-corrected chi connectivity index (χ4v) is 6.94. The minimum atomic E-state index is -7.95. The molecule has 2 N–H and O–H groups in total. The first-order valence-corrected chi connectivity index (χ1v) is 16.7. The Labute approximate surface area is 217 Å². The molecule has 0 spiro atoms. The molecule has 242 valence electrons. The predicted octanol–water partition coefficient (Wildman–Crippen LogP) is 8.62. The van der Waals surface area contributed by atoms with E-state index in [1.165, 1.54) is 0 Å². The molecule has 2 unspecified atom stereocenters. The van der Waals surface area contributed by atoms with Crippen LogP contribution >= 0.6 is 0 Å². The van der Waals surface area contributed by atoms with Crippen LogP contribution in [0.3, 0.4) is 0 Å². The summed E-state index contributed by atoms with van der Waals surface area (Å²) >= 11 is 0. The Morgan fingerprint density at radius 1 is 0.375 bits per heavy atom. The van der Waals surface area contributed by atoms with Crippen LogP contribution in [0.15, 0.2) is 0 Å². The van der Waals surface area contributed by atoms with Crippen LogP contribution in [-0.2, 0) is 0 Å². The molecule has 0 radical (unpaired) electrons. The minimum Gasteiger partial charge on any atom is -0.432 e. The second kappa shape index (κ2) is 11.6. The lowest BCUT2D eigenvalue weighted by atomic mass is 9.90. The molecule has 2 nitrogen and oxygen atoms in total. The second-order valence-electron chi connectivity index (χ2n) is 9.93. The van der Waals surface area contributed by atoms with Gasteiger partial charge in [0.2, 0.25) is 0 Å². The second-order valence-corrected chi connectivity index (χ2v) is 17.9. The fourth-order valence-electron chi connectivity index (χ4n) is 3.09.